The van der Waals surface area contributed by atoms with Crippen LogP contribution in [0.2, 0.25) is 0 Å². The van der Waals surface area contributed by atoms with Gasteiger partial charge in [0.2, 0.25) is 5.69 Å². The topological polar surface area (TPSA) is 17.0 Å². The molecule has 0 spiro atoms. The van der Waals surface area contributed by atoms with Crippen LogP contribution in [-0.4, -0.2) is 0 Å². The molecule has 3 aromatic carbocycles. The van der Waals surface area contributed by atoms with Gasteiger partial charge >= 0.3 is 0 Å². The van der Waals surface area contributed by atoms with Crippen molar-refractivity contribution in [3.8, 4) is 22.4 Å². The number of hydrogen-bond acceptors (Lipinski definition) is 1. The zero-order valence-electron chi connectivity index (χ0n) is 23.4. The standard InChI is InChI=1S/C35H36F2NO/c1-21-6-15-27-28-16-17-29(37)32(34(28)39-33(27)31(21)30-20-26(36)18-19-38(30)5)24-9-7-22(8-10-24)23-11-13-25(14-12-23)35(2,3)4/h6-10,15-20,23,25H,11-14H2,1-5H3/q+1. The summed E-state index contributed by atoms with van der Waals surface area (Å²) >= 11 is 0. The van der Waals surface area contributed by atoms with Crippen LogP contribution in [0.4, 0.5) is 8.78 Å². The van der Waals surface area contributed by atoms with Crippen molar-refractivity contribution in [3.05, 3.63) is 89.6 Å². The van der Waals surface area contributed by atoms with Crippen LogP contribution in [0.3, 0.4) is 0 Å². The van der Waals surface area contributed by atoms with Crippen molar-refractivity contribution in [1.82, 2.24) is 0 Å². The molecule has 2 aromatic heterocycles. The molecule has 0 N–H and O–H groups in total. The van der Waals surface area contributed by atoms with E-state index >= 15 is 4.39 Å². The van der Waals surface area contributed by atoms with E-state index in [0.29, 0.717) is 33.8 Å². The maximum absolute atomic E-state index is 15.4. The van der Waals surface area contributed by atoms with Gasteiger partial charge in [0.15, 0.2) is 6.20 Å². The molecule has 39 heavy (non-hydrogen) atoms. The summed E-state index contributed by atoms with van der Waals surface area (Å²) in [5.74, 6) is 0.710. The third-order valence-corrected chi connectivity index (χ3v) is 8.96. The van der Waals surface area contributed by atoms with Crippen LogP contribution < -0.4 is 4.57 Å². The normalized spacial score (nSPS) is 18.2. The van der Waals surface area contributed by atoms with Crippen LogP contribution in [0.1, 0.15) is 63.5 Å². The Bertz CT molecular complexity index is 1680. The molecule has 0 unspecified atom stereocenters. The Morgan fingerprint density at radius 2 is 1.44 bits per heavy atom. The number of pyridine rings is 1. The van der Waals surface area contributed by atoms with Gasteiger partial charge in [-0.05, 0) is 78.7 Å². The first kappa shape index (κ1) is 25.7. The first-order valence-corrected chi connectivity index (χ1v) is 14.0. The smallest absolute Gasteiger partial charge is 0.219 e. The molecule has 2 nitrogen and oxygen atoms in total. The Morgan fingerprint density at radius 3 is 2.10 bits per heavy atom. The van der Waals surface area contributed by atoms with E-state index in [1.807, 2.05) is 42.8 Å². The van der Waals surface area contributed by atoms with Crippen LogP contribution in [0.5, 0.6) is 0 Å². The Kier molecular flexibility index (Phi) is 6.32. The number of aromatic nitrogens is 1. The van der Waals surface area contributed by atoms with E-state index in [2.05, 4.69) is 32.9 Å². The van der Waals surface area contributed by atoms with Gasteiger partial charge < -0.3 is 4.42 Å². The summed E-state index contributed by atoms with van der Waals surface area (Å²) < 4.78 is 38.1. The van der Waals surface area contributed by atoms with E-state index in [9.17, 15) is 4.39 Å². The lowest BCUT2D eigenvalue weighted by Gasteiger charge is -2.37. The molecule has 200 valence electrons. The van der Waals surface area contributed by atoms with E-state index in [0.717, 1.165) is 33.4 Å². The van der Waals surface area contributed by atoms with Crippen molar-refractivity contribution in [2.45, 2.75) is 59.3 Å². The number of halogens is 2. The van der Waals surface area contributed by atoms with Crippen LogP contribution in [0.15, 0.2) is 71.3 Å². The number of fused-ring (bicyclic) bond motifs is 3. The monoisotopic (exact) mass is 524 g/mol. The van der Waals surface area contributed by atoms with Gasteiger partial charge in [-0.2, -0.15) is 0 Å². The van der Waals surface area contributed by atoms with E-state index in [1.165, 1.54) is 49.4 Å². The van der Waals surface area contributed by atoms with Gasteiger partial charge in [0.25, 0.3) is 0 Å². The van der Waals surface area contributed by atoms with E-state index in [4.69, 9.17) is 4.42 Å². The molecule has 0 saturated heterocycles. The Labute approximate surface area is 229 Å². The van der Waals surface area contributed by atoms with E-state index in [1.54, 1.807) is 12.3 Å². The van der Waals surface area contributed by atoms with Gasteiger partial charge in [-0.3, -0.25) is 0 Å². The molecule has 4 heteroatoms. The number of rotatable bonds is 3. The summed E-state index contributed by atoms with van der Waals surface area (Å²) in [6, 6.07) is 18.7. The summed E-state index contributed by atoms with van der Waals surface area (Å²) in [5.41, 5.74) is 6.64. The molecule has 6 rings (SSSR count). The Balaban J connectivity index is 1.42. The van der Waals surface area contributed by atoms with Crippen molar-refractivity contribution in [2.24, 2.45) is 18.4 Å². The van der Waals surface area contributed by atoms with E-state index in [-0.39, 0.29) is 11.6 Å². The first-order chi connectivity index (χ1) is 18.6. The third kappa shape index (κ3) is 4.54. The summed E-state index contributed by atoms with van der Waals surface area (Å²) in [6.45, 7) is 9.04. The quantitative estimate of drug-likeness (QED) is 0.215. The summed E-state index contributed by atoms with van der Waals surface area (Å²) in [6.07, 6.45) is 6.62. The summed E-state index contributed by atoms with van der Waals surface area (Å²) in [5, 5.41) is 1.75. The molecule has 2 heterocycles. The Hall–Kier alpha value is -3.53. The van der Waals surface area contributed by atoms with Crippen molar-refractivity contribution >= 4 is 21.9 Å². The van der Waals surface area contributed by atoms with Crippen molar-refractivity contribution < 1.29 is 17.8 Å². The molecule has 5 aromatic rings. The molecule has 1 aliphatic carbocycles. The van der Waals surface area contributed by atoms with Gasteiger partial charge in [-0.1, -0.05) is 57.2 Å². The minimum Gasteiger partial charge on any atom is -0.454 e. The van der Waals surface area contributed by atoms with Crippen LogP contribution in [-0.2, 0) is 7.05 Å². The van der Waals surface area contributed by atoms with Gasteiger partial charge in [-0.15, -0.1) is 0 Å². The lowest BCUT2D eigenvalue weighted by Crippen LogP contribution is -2.30. The SMILES string of the molecule is Cc1ccc2c(oc3c(-c4ccc(C5CCC(C(C)(C)C)CC5)cc4)c(F)ccc32)c1-c1cc(F)cc[n+]1C. The van der Waals surface area contributed by atoms with Gasteiger partial charge in [-0.25, -0.2) is 13.3 Å². The van der Waals surface area contributed by atoms with Crippen LogP contribution in [0.25, 0.3) is 44.3 Å². The molecule has 0 bridgehead atoms. The highest BCUT2D eigenvalue weighted by atomic mass is 19.1. The number of aryl methyl sites for hydroxylation is 2. The number of benzene rings is 3. The highest BCUT2D eigenvalue weighted by molar-refractivity contribution is 6.13. The lowest BCUT2D eigenvalue weighted by molar-refractivity contribution is -0.660. The second kappa shape index (κ2) is 9.59. The summed E-state index contributed by atoms with van der Waals surface area (Å²) in [7, 11) is 1.89. The highest BCUT2D eigenvalue weighted by Crippen LogP contribution is 2.45. The van der Waals surface area contributed by atoms with Gasteiger partial charge in [0.1, 0.15) is 29.8 Å². The largest absolute Gasteiger partial charge is 0.454 e. The molecular weight excluding hydrogens is 488 g/mol. The zero-order valence-corrected chi connectivity index (χ0v) is 23.4. The first-order valence-electron chi connectivity index (χ1n) is 14.0. The number of hydrogen-bond donors (Lipinski definition) is 0. The van der Waals surface area contributed by atoms with Gasteiger partial charge in [0, 0.05) is 22.9 Å². The molecular formula is C35H36F2NO+. The molecule has 1 fully saturated rings. The predicted octanol–water partition coefficient (Wildman–Crippen LogP) is 9.65. The minimum atomic E-state index is -0.311. The second-order valence-corrected chi connectivity index (χ2v) is 12.4. The fourth-order valence-corrected chi connectivity index (χ4v) is 6.57. The van der Waals surface area contributed by atoms with Gasteiger partial charge in [0.05, 0.1) is 11.1 Å². The van der Waals surface area contributed by atoms with E-state index < -0.39 is 0 Å². The number of furan rings is 1. The highest BCUT2D eigenvalue weighted by Gasteiger charge is 2.30. The maximum atomic E-state index is 15.4. The lowest BCUT2D eigenvalue weighted by atomic mass is 9.68. The fraction of sp³-hybridized carbons (Fsp3) is 0.343. The van der Waals surface area contributed by atoms with Crippen molar-refractivity contribution in [2.75, 3.05) is 0 Å². The average Bonchev–Trinajstić information content (AvgIpc) is 3.28. The zero-order chi connectivity index (χ0) is 27.5. The van der Waals surface area contributed by atoms with Crippen molar-refractivity contribution in [1.29, 1.82) is 0 Å². The van der Waals surface area contributed by atoms with Crippen molar-refractivity contribution in [3.63, 3.8) is 0 Å². The predicted molar refractivity (Wildman–Crippen MR) is 155 cm³/mol. The fourth-order valence-electron chi connectivity index (χ4n) is 6.57. The molecule has 0 atom stereocenters. The van der Waals surface area contributed by atoms with Crippen LogP contribution in [0, 0.1) is 29.9 Å². The minimum absolute atomic E-state index is 0.311. The molecule has 0 aliphatic heterocycles. The molecule has 1 aliphatic rings. The maximum Gasteiger partial charge on any atom is 0.219 e. The number of nitrogens with zero attached hydrogens (tertiary/aromatic N) is 1. The van der Waals surface area contributed by atoms with Crippen LogP contribution >= 0.6 is 0 Å². The Morgan fingerprint density at radius 1 is 0.795 bits per heavy atom. The summed E-state index contributed by atoms with van der Waals surface area (Å²) in [4.78, 5) is 0. The molecule has 0 radical (unpaired) electrons. The molecule has 1 saturated carbocycles. The average molecular weight is 525 g/mol. The third-order valence-electron chi connectivity index (χ3n) is 8.96. The molecule has 0 amide bonds. The second-order valence-electron chi connectivity index (χ2n) is 12.4.